The molecule has 0 unspecified atom stereocenters. The third-order valence-corrected chi connectivity index (χ3v) is 4.43. The highest BCUT2D eigenvalue weighted by atomic mass is 127. The van der Waals surface area contributed by atoms with Gasteiger partial charge in [-0.15, -0.1) is 24.0 Å². The van der Waals surface area contributed by atoms with Gasteiger partial charge < -0.3 is 16.0 Å². The average molecular weight is 509 g/mol. The van der Waals surface area contributed by atoms with Crippen LogP contribution in [0.1, 0.15) is 47.7 Å². The van der Waals surface area contributed by atoms with Crippen molar-refractivity contribution in [2.24, 2.45) is 4.99 Å². The lowest BCUT2D eigenvalue weighted by atomic mass is 10.0. The molecule has 158 valence electrons. The molecule has 0 bridgehead atoms. The molecule has 1 amide bonds. The molecule has 1 aromatic heterocycles. The fourth-order valence-electron chi connectivity index (χ4n) is 2.75. The van der Waals surface area contributed by atoms with Gasteiger partial charge in [-0.05, 0) is 42.0 Å². The van der Waals surface area contributed by atoms with E-state index in [9.17, 15) is 4.79 Å². The molecule has 29 heavy (non-hydrogen) atoms. The fraction of sp³-hybridized carbons (Fsp3) is 0.409. The normalized spacial score (nSPS) is 11.0. The lowest BCUT2D eigenvalue weighted by Gasteiger charge is -2.12. The molecule has 6 nitrogen and oxygen atoms in total. The molecule has 3 N–H and O–H groups in total. The van der Waals surface area contributed by atoms with Gasteiger partial charge in [-0.25, -0.2) is 0 Å². The highest BCUT2D eigenvalue weighted by Gasteiger charge is 2.04. The van der Waals surface area contributed by atoms with E-state index in [1.165, 1.54) is 11.1 Å². The summed E-state index contributed by atoms with van der Waals surface area (Å²) in [6.45, 7) is 6.37. The van der Waals surface area contributed by atoms with Crippen molar-refractivity contribution in [1.82, 2.24) is 20.9 Å². The van der Waals surface area contributed by atoms with Gasteiger partial charge in [0.25, 0.3) is 5.91 Å². The molecule has 1 aromatic carbocycles. The van der Waals surface area contributed by atoms with Crippen LogP contribution < -0.4 is 16.0 Å². The van der Waals surface area contributed by atoms with E-state index >= 15 is 0 Å². The van der Waals surface area contributed by atoms with Gasteiger partial charge in [0.1, 0.15) is 0 Å². The second-order valence-electron chi connectivity index (χ2n) is 6.92. The summed E-state index contributed by atoms with van der Waals surface area (Å²) in [5.74, 6) is 1.19. The number of hydrogen-bond acceptors (Lipinski definition) is 3. The molecule has 7 heteroatoms. The van der Waals surface area contributed by atoms with Gasteiger partial charge in [-0.3, -0.25) is 14.8 Å². The van der Waals surface area contributed by atoms with Crippen molar-refractivity contribution in [3.05, 3.63) is 65.5 Å². The van der Waals surface area contributed by atoms with E-state index < -0.39 is 0 Å². The molecule has 0 fully saturated rings. The van der Waals surface area contributed by atoms with E-state index in [1.54, 1.807) is 31.6 Å². The van der Waals surface area contributed by atoms with E-state index in [4.69, 9.17) is 0 Å². The minimum atomic E-state index is -0.124. The second-order valence-corrected chi connectivity index (χ2v) is 6.92. The summed E-state index contributed by atoms with van der Waals surface area (Å²) in [6.07, 6.45) is 5.26. The number of aliphatic imine (C=N–C) groups is 1. The predicted octanol–water partition coefficient (Wildman–Crippen LogP) is 3.35. The SMILES string of the molecule is CN=C(NCCCc1ccc(C(C)C)cc1)NCCNC(=O)c1cccnc1.I. The molecule has 0 spiro atoms. The Labute approximate surface area is 191 Å². The van der Waals surface area contributed by atoms with Crippen molar-refractivity contribution in [3.63, 3.8) is 0 Å². The molecule has 2 rings (SSSR count). The van der Waals surface area contributed by atoms with Gasteiger partial charge in [0, 0.05) is 39.1 Å². The molecule has 0 saturated heterocycles. The summed E-state index contributed by atoms with van der Waals surface area (Å²) in [4.78, 5) is 20.1. The van der Waals surface area contributed by atoms with Crippen LogP contribution in [0.25, 0.3) is 0 Å². The van der Waals surface area contributed by atoms with Crippen LogP contribution in [0.4, 0.5) is 0 Å². The molecule has 0 saturated carbocycles. The lowest BCUT2D eigenvalue weighted by Crippen LogP contribution is -2.41. The molecule has 0 atom stereocenters. The summed E-state index contributed by atoms with van der Waals surface area (Å²) in [7, 11) is 1.74. The summed E-state index contributed by atoms with van der Waals surface area (Å²) < 4.78 is 0. The number of pyridine rings is 1. The summed E-state index contributed by atoms with van der Waals surface area (Å²) >= 11 is 0. The molecule has 0 aliphatic carbocycles. The number of halogens is 1. The smallest absolute Gasteiger partial charge is 0.252 e. The number of benzene rings is 1. The van der Waals surface area contributed by atoms with Gasteiger partial charge >= 0.3 is 0 Å². The highest BCUT2D eigenvalue weighted by molar-refractivity contribution is 14.0. The molecule has 0 aliphatic heterocycles. The summed E-state index contributed by atoms with van der Waals surface area (Å²) in [6, 6.07) is 12.4. The number of aromatic nitrogens is 1. The van der Waals surface area contributed by atoms with E-state index in [0.717, 1.165) is 25.3 Å². The largest absolute Gasteiger partial charge is 0.356 e. The number of nitrogens with one attached hydrogen (secondary N) is 3. The Balaban J connectivity index is 0.00000420. The van der Waals surface area contributed by atoms with E-state index in [0.29, 0.717) is 24.6 Å². The first-order valence-corrected chi connectivity index (χ1v) is 9.81. The number of aryl methyl sites for hydroxylation is 1. The van der Waals surface area contributed by atoms with Crippen LogP contribution in [-0.2, 0) is 6.42 Å². The maximum Gasteiger partial charge on any atom is 0.252 e. The van der Waals surface area contributed by atoms with Crippen molar-refractivity contribution in [2.45, 2.75) is 32.6 Å². The number of guanidine groups is 1. The number of amides is 1. The molecular formula is C22H32IN5O. The van der Waals surface area contributed by atoms with Crippen molar-refractivity contribution in [3.8, 4) is 0 Å². The first-order chi connectivity index (χ1) is 13.6. The Bertz CT molecular complexity index is 748. The van der Waals surface area contributed by atoms with Crippen LogP contribution in [-0.4, -0.2) is 43.5 Å². The summed E-state index contributed by atoms with van der Waals surface area (Å²) in [5.41, 5.74) is 3.29. The molecule has 0 aliphatic rings. The van der Waals surface area contributed by atoms with Crippen molar-refractivity contribution < 1.29 is 4.79 Å². The van der Waals surface area contributed by atoms with Gasteiger partial charge in [0.2, 0.25) is 0 Å². The third-order valence-electron chi connectivity index (χ3n) is 4.43. The zero-order valence-electron chi connectivity index (χ0n) is 17.4. The van der Waals surface area contributed by atoms with Gasteiger partial charge in [0.05, 0.1) is 5.56 Å². The Kier molecular flexibility index (Phi) is 11.9. The van der Waals surface area contributed by atoms with Crippen LogP contribution in [0.2, 0.25) is 0 Å². The quantitative estimate of drug-likeness (QED) is 0.210. The van der Waals surface area contributed by atoms with Crippen molar-refractivity contribution >= 4 is 35.8 Å². The minimum absolute atomic E-state index is 0. The minimum Gasteiger partial charge on any atom is -0.356 e. The third kappa shape index (κ3) is 9.25. The highest BCUT2D eigenvalue weighted by Crippen LogP contribution is 2.15. The number of carbonyl (C=O) groups excluding carboxylic acids is 1. The van der Waals surface area contributed by atoms with Crippen LogP contribution in [0.3, 0.4) is 0 Å². The van der Waals surface area contributed by atoms with E-state index in [2.05, 4.69) is 64.0 Å². The first-order valence-electron chi connectivity index (χ1n) is 9.81. The second kappa shape index (κ2) is 13.9. The Morgan fingerprint density at radius 2 is 1.72 bits per heavy atom. The van der Waals surface area contributed by atoms with Crippen LogP contribution in [0.15, 0.2) is 53.8 Å². The maximum absolute atomic E-state index is 11.9. The first kappa shape index (κ1) is 24.9. The van der Waals surface area contributed by atoms with Crippen LogP contribution in [0, 0.1) is 0 Å². The maximum atomic E-state index is 11.9. The Morgan fingerprint density at radius 1 is 1.03 bits per heavy atom. The van der Waals surface area contributed by atoms with E-state index in [1.807, 2.05) is 0 Å². The number of rotatable bonds is 9. The van der Waals surface area contributed by atoms with Crippen LogP contribution in [0.5, 0.6) is 0 Å². The molecule has 1 heterocycles. The van der Waals surface area contributed by atoms with E-state index in [-0.39, 0.29) is 29.9 Å². The Morgan fingerprint density at radius 3 is 2.34 bits per heavy atom. The zero-order valence-corrected chi connectivity index (χ0v) is 19.8. The average Bonchev–Trinajstić information content (AvgIpc) is 2.73. The standard InChI is InChI=1S/C22H31N5O.HI/c1-17(2)19-10-8-18(9-11-19)6-4-13-26-22(23-3)27-15-14-25-21(28)20-7-5-12-24-16-20;/h5,7-12,16-17H,4,6,13-15H2,1-3H3,(H,25,28)(H2,23,26,27);1H. The topological polar surface area (TPSA) is 78.4 Å². The lowest BCUT2D eigenvalue weighted by molar-refractivity contribution is 0.0954. The summed E-state index contributed by atoms with van der Waals surface area (Å²) in [5, 5.41) is 9.36. The number of hydrogen-bond donors (Lipinski definition) is 3. The fourth-order valence-corrected chi connectivity index (χ4v) is 2.75. The number of nitrogens with zero attached hydrogens (tertiary/aromatic N) is 2. The molecular weight excluding hydrogens is 477 g/mol. The van der Waals surface area contributed by atoms with Gasteiger partial charge in [-0.1, -0.05) is 38.1 Å². The zero-order chi connectivity index (χ0) is 20.2. The number of carbonyl (C=O) groups is 1. The van der Waals surface area contributed by atoms with Gasteiger partial charge in [-0.2, -0.15) is 0 Å². The molecule has 0 radical (unpaired) electrons. The Hall–Kier alpha value is -2.16. The van der Waals surface area contributed by atoms with Crippen LogP contribution >= 0.6 is 24.0 Å². The molecule has 2 aromatic rings. The van der Waals surface area contributed by atoms with Crippen molar-refractivity contribution in [1.29, 1.82) is 0 Å². The monoisotopic (exact) mass is 509 g/mol. The van der Waals surface area contributed by atoms with Crippen molar-refractivity contribution in [2.75, 3.05) is 26.7 Å². The van der Waals surface area contributed by atoms with Gasteiger partial charge in [0.15, 0.2) is 5.96 Å². The predicted molar refractivity (Wildman–Crippen MR) is 130 cm³/mol.